The van der Waals surface area contributed by atoms with Gasteiger partial charge in [0.05, 0.1) is 23.1 Å². The van der Waals surface area contributed by atoms with Crippen LogP contribution in [0.1, 0.15) is 13.3 Å². The number of amides is 1. The second kappa shape index (κ2) is 9.72. The predicted octanol–water partition coefficient (Wildman–Crippen LogP) is 2.88. The van der Waals surface area contributed by atoms with Crippen LogP contribution in [0.4, 0.5) is 5.69 Å². The summed E-state index contributed by atoms with van der Waals surface area (Å²) in [5.74, 6) is -0.957. The number of anilines is 1. The van der Waals surface area contributed by atoms with Gasteiger partial charge in [0.1, 0.15) is 11.6 Å². The fourth-order valence-corrected chi connectivity index (χ4v) is 1.80. The number of esters is 1. The Morgan fingerprint density at radius 2 is 2.09 bits per heavy atom. The van der Waals surface area contributed by atoms with Crippen LogP contribution in [-0.2, 0) is 14.3 Å². The lowest BCUT2D eigenvalue weighted by atomic mass is 10.2. The van der Waals surface area contributed by atoms with E-state index in [0.717, 1.165) is 0 Å². The van der Waals surface area contributed by atoms with Crippen LogP contribution >= 0.6 is 23.2 Å². The van der Waals surface area contributed by atoms with Gasteiger partial charge in [0.2, 0.25) is 0 Å². The highest BCUT2D eigenvalue weighted by molar-refractivity contribution is 6.42. The standard InChI is InChI=1S/C15H15Cl2N3O3/c1-2-23-14(21)5-6-19-9-10(8-18)15(22)20-11-3-4-12(16)13(17)7-11/h3-4,7,9,19H,2,5-6H2,1H3,(H,20,22)/b10-9-. The van der Waals surface area contributed by atoms with E-state index in [1.807, 2.05) is 0 Å². The fraction of sp³-hybridized carbons (Fsp3) is 0.267. The van der Waals surface area contributed by atoms with E-state index in [2.05, 4.69) is 10.6 Å². The first kappa shape index (κ1) is 18.8. The number of benzene rings is 1. The van der Waals surface area contributed by atoms with Crippen molar-refractivity contribution >= 4 is 40.8 Å². The maximum atomic E-state index is 12.0. The molecule has 2 N–H and O–H groups in total. The molecule has 1 rings (SSSR count). The summed E-state index contributed by atoms with van der Waals surface area (Å²) >= 11 is 11.6. The number of carbonyl (C=O) groups is 2. The van der Waals surface area contributed by atoms with Gasteiger partial charge in [-0.15, -0.1) is 0 Å². The van der Waals surface area contributed by atoms with Crippen molar-refractivity contribution in [2.24, 2.45) is 0 Å². The molecule has 1 aromatic rings. The smallest absolute Gasteiger partial charge is 0.307 e. The first-order chi connectivity index (χ1) is 11.0. The molecule has 0 aromatic heterocycles. The van der Waals surface area contributed by atoms with E-state index >= 15 is 0 Å². The summed E-state index contributed by atoms with van der Waals surface area (Å²) in [6, 6.07) is 6.35. The van der Waals surface area contributed by atoms with Gasteiger partial charge in [-0.25, -0.2) is 0 Å². The third-order valence-corrected chi connectivity index (χ3v) is 3.31. The monoisotopic (exact) mass is 355 g/mol. The van der Waals surface area contributed by atoms with E-state index in [1.54, 1.807) is 19.1 Å². The maximum absolute atomic E-state index is 12.0. The van der Waals surface area contributed by atoms with Gasteiger partial charge in [-0.05, 0) is 25.1 Å². The normalized spacial score (nSPS) is 10.6. The van der Waals surface area contributed by atoms with Crippen LogP contribution in [0.5, 0.6) is 0 Å². The average molecular weight is 356 g/mol. The zero-order valence-corrected chi connectivity index (χ0v) is 13.9. The third kappa shape index (κ3) is 6.59. The van der Waals surface area contributed by atoms with Crippen molar-refractivity contribution in [1.82, 2.24) is 5.32 Å². The number of rotatable bonds is 7. The van der Waals surface area contributed by atoms with E-state index in [0.29, 0.717) is 22.3 Å². The molecule has 1 amide bonds. The molecule has 0 bridgehead atoms. The Morgan fingerprint density at radius 3 is 2.70 bits per heavy atom. The third-order valence-electron chi connectivity index (χ3n) is 2.57. The van der Waals surface area contributed by atoms with Crippen LogP contribution in [0.3, 0.4) is 0 Å². The molecule has 0 aliphatic rings. The Labute approximate surface area is 144 Å². The SMILES string of the molecule is CCOC(=O)CCN/C=C(/C#N)C(=O)Nc1ccc(Cl)c(Cl)c1. The average Bonchev–Trinajstić information content (AvgIpc) is 2.51. The zero-order chi connectivity index (χ0) is 17.2. The molecule has 6 nitrogen and oxygen atoms in total. The minimum absolute atomic E-state index is 0.136. The molecule has 0 saturated heterocycles. The molecule has 0 aliphatic heterocycles. The maximum Gasteiger partial charge on any atom is 0.307 e. The Kier molecular flexibility index (Phi) is 7.95. The van der Waals surface area contributed by atoms with Gasteiger partial charge in [0.25, 0.3) is 5.91 Å². The number of ether oxygens (including phenoxy) is 1. The summed E-state index contributed by atoms with van der Waals surface area (Å²) in [6.45, 7) is 2.28. The summed E-state index contributed by atoms with van der Waals surface area (Å²) in [6.07, 6.45) is 1.38. The van der Waals surface area contributed by atoms with E-state index < -0.39 is 5.91 Å². The molecule has 0 fully saturated rings. The first-order valence-electron chi connectivity index (χ1n) is 6.73. The van der Waals surface area contributed by atoms with Crippen molar-refractivity contribution < 1.29 is 14.3 Å². The number of halogens is 2. The summed E-state index contributed by atoms with van der Waals surface area (Å²) < 4.78 is 4.76. The number of hydrogen-bond donors (Lipinski definition) is 2. The number of carbonyl (C=O) groups excluding carboxylic acids is 2. The van der Waals surface area contributed by atoms with Gasteiger partial charge < -0.3 is 15.4 Å². The highest BCUT2D eigenvalue weighted by Crippen LogP contribution is 2.25. The van der Waals surface area contributed by atoms with E-state index in [4.69, 9.17) is 33.2 Å². The van der Waals surface area contributed by atoms with Gasteiger partial charge >= 0.3 is 5.97 Å². The lowest BCUT2D eigenvalue weighted by Crippen LogP contribution is -2.19. The minimum atomic E-state index is -0.602. The summed E-state index contributed by atoms with van der Waals surface area (Å²) in [4.78, 5) is 23.1. The molecule has 0 aliphatic carbocycles. The Hall–Kier alpha value is -2.23. The molecular weight excluding hydrogens is 341 g/mol. The highest BCUT2D eigenvalue weighted by atomic mass is 35.5. The molecule has 122 valence electrons. The molecule has 0 saturated carbocycles. The highest BCUT2D eigenvalue weighted by Gasteiger charge is 2.10. The number of nitriles is 1. The summed E-state index contributed by atoms with van der Waals surface area (Å²) in [7, 11) is 0. The van der Waals surface area contributed by atoms with Crippen molar-refractivity contribution in [2.45, 2.75) is 13.3 Å². The molecule has 8 heteroatoms. The van der Waals surface area contributed by atoms with Gasteiger partial charge in [-0.3, -0.25) is 9.59 Å². The van der Waals surface area contributed by atoms with Crippen LogP contribution in [-0.4, -0.2) is 25.0 Å². The molecule has 1 aromatic carbocycles. The van der Waals surface area contributed by atoms with Crippen LogP contribution in [0, 0.1) is 11.3 Å². The fourth-order valence-electron chi connectivity index (χ4n) is 1.50. The Bertz CT molecular complexity index is 654. The zero-order valence-electron chi connectivity index (χ0n) is 12.4. The molecule has 0 heterocycles. The Balaban J connectivity index is 2.57. The van der Waals surface area contributed by atoms with Gasteiger partial charge in [0, 0.05) is 18.4 Å². The molecule has 0 unspecified atom stereocenters. The van der Waals surface area contributed by atoms with E-state index in [1.165, 1.54) is 18.3 Å². The lowest BCUT2D eigenvalue weighted by Gasteiger charge is -2.06. The molecule has 23 heavy (non-hydrogen) atoms. The Morgan fingerprint density at radius 1 is 1.35 bits per heavy atom. The van der Waals surface area contributed by atoms with Crippen molar-refractivity contribution in [1.29, 1.82) is 5.26 Å². The quantitative estimate of drug-likeness (QED) is 0.339. The largest absolute Gasteiger partial charge is 0.466 e. The minimum Gasteiger partial charge on any atom is -0.466 e. The molecule has 0 spiro atoms. The number of nitrogens with zero attached hydrogens (tertiary/aromatic N) is 1. The molecule has 0 radical (unpaired) electrons. The predicted molar refractivity (Wildman–Crippen MR) is 88.0 cm³/mol. The van der Waals surface area contributed by atoms with Crippen LogP contribution < -0.4 is 10.6 Å². The number of nitrogens with one attached hydrogen (secondary N) is 2. The second-order valence-electron chi connectivity index (χ2n) is 4.26. The van der Waals surface area contributed by atoms with Crippen LogP contribution in [0.2, 0.25) is 10.0 Å². The van der Waals surface area contributed by atoms with E-state index in [9.17, 15) is 9.59 Å². The van der Waals surface area contributed by atoms with E-state index in [-0.39, 0.29) is 24.5 Å². The summed E-state index contributed by atoms with van der Waals surface area (Å²) in [5.41, 5.74) is 0.275. The van der Waals surface area contributed by atoms with Crippen LogP contribution in [0.25, 0.3) is 0 Å². The van der Waals surface area contributed by atoms with Gasteiger partial charge in [-0.2, -0.15) is 5.26 Å². The number of hydrogen-bond acceptors (Lipinski definition) is 5. The second-order valence-corrected chi connectivity index (χ2v) is 5.08. The summed E-state index contributed by atoms with van der Waals surface area (Å²) in [5, 5.41) is 14.9. The van der Waals surface area contributed by atoms with Gasteiger partial charge in [0.15, 0.2) is 0 Å². The van der Waals surface area contributed by atoms with Crippen molar-refractivity contribution in [2.75, 3.05) is 18.5 Å². The van der Waals surface area contributed by atoms with Crippen molar-refractivity contribution in [3.05, 3.63) is 40.0 Å². The first-order valence-corrected chi connectivity index (χ1v) is 7.49. The topological polar surface area (TPSA) is 91.2 Å². The van der Waals surface area contributed by atoms with Crippen LogP contribution in [0.15, 0.2) is 30.0 Å². The van der Waals surface area contributed by atoms with Crippen molar-refractivity contribution in [3.8, 4) is 6.07 Å². The molecular formula is C15H15Cl2N3O3. The lowest BCUT2D eigenvalue weighted by molar-refractivity contribution is -0.142. The van der Waals surface area contributed by atoms with Crippen molar-refractivity contribution in [3.63, 3.8) is 0 Å². The van der Waals surface area contributed by atoms with Gasteiger partial charge in [-0.1, -0.05) is 23.2 Å². The molecule has 0 atom stereocenters.